The zero-order valence-corrected chi connectivity index (χ0v) is 13.7. The van der Waals surface area contributed by atoms with E-state index in [1.807, 2.05) is 4.90 Å². The maximum Gasteiger partial charge on any atom is 0.223 e. The van der Waals surface area contributed by atoms with Crippen molar-refractivity contribution in [1.82, 2.24) is 4.90 Å². The van der Waals surface area contributed by atoms with Gasteiger partial charge in [-0.05, 0) is 41.1 Å². The van der Waals surface area contributed by atoms with Gasteiger partial charge in [-0.15, -0.1) is 12.4 Å². The molecule has 1 saturated heterocycles. The minimum absolute atomic E-state index is 0. The van der Waals surface area contributed by atoms with Crippen LogP contribution >= 0.6 is 23.7 Å². The Balaban J connectivity index is 0.00000161. The van der Waals surface area contributed by atoms with E-state index in [-0.39, 0.29) is 30.5 Å². The lowest BCUT2D eigenvalue weighted by molar-refractivity contribution is -0.140. The van der Waals surface area contributed by atoms with E-state index in [4.69, 9.17) is 10.5 Å². The van der Waals surface area contributed by atoms with E-state index in [9.17, 15) is 4.79 Å². The first-order valence-electron chi connectivity index (χ1n) is 7.41. The lowest BCUT2D eigenvalue weighted by Gasteiger charge is -2.33. The number of nitrogens with zero attached hydrogens (tertiary/aromatic N) is 1. The van der Waals surface area contributed by atoms with Crippen molar-refractivity contribution >= 4 is 29.7 Å². The van der Waals surface area contributed by atoms with Crippen molar-refractivity contribution in [3.63, 3.8) is 0 Å². The van der Waals surface area contributed by atoms with Gasteiger partial charge in [0.25, 0.3) is 0 Å². The van der Waals surface area contributed by atoms with Crippen molar-refractivity contribution in [1.29, 1.82) is 0 Å². The first kappa shape index (κ1) is 16.7. The van der Waals surface area contributed by atoms with Gasteiger partial charge in [-0.25, -0.2) is 0 Å². The number of carbonyl (C=O) groups is 1. The second-order valence-corrected chi connectivity index (χ2v) is 6.59. The molecule has 0 spiro atoms. The Hall–Kier alpha value is -0.620. The Bertz CT molecular complexity index is 455. The Kier molecular flexibility index (Phi) is 6.05. The number of halogens is 1. The molecule has 3 atom stereocenters. The summed E-state index contributed by atoms with van der Waals surface area (Å²) in [5, 5.41) is 4.16. The molecule has 21 heavy (non-hydrogen) atoms. The second kappa shape index (κ2) is 7.58. The summed E-state index contributed by atoms with van der Waals surface area (Å²) >= 11 is 1.67. The molecule has 2 N–H and O–H groups in total. The Morgan fingerprint density at radius 1 is 1.48 bits per heavy atom. The summed E-state index contributed by atoms with van der Waals surface area (Å²) in [5.74, 6) is 0.626. The predicted octanol–water partition coefficient (Wildman–Crippen LogP) is 2.59. The van der Waals surface area contributed by atoms with Crippen LogP contribution in [0.3, 0.4) is 0 Å². The molecule has 1 aliphatic carbocycles. The van der Waals surface area contributed by atoms with Crippen molar-refractivity contribution in [3.8, 4) is 0 Å². The van der Waals surface area contributed by atoms with E-state index in [1.54, 1.807) is 11.3 Å². The van der Waals surface area contributed by atoms with Crippen LogP contribution in [0.5, 0.6) is 0 Å². The fourth-order valence-electron chi connectivity index (χ4n) is 3.21. The van der Waals surface area contributed by atoms with Gasteiger partial charge in [0.1, 0.15) is 6.10 Å². The standard InChI is InChI=1S/C15H22N2O2S.ClH/c16-13-3-1-2-11(13)8-15(18)17-5-6-19-14(9-17)12-4-7-20-10-12;/h4,7,10-11,13-14H,1-3,5-6,8-9,16H2;1H/t11-,13+,14?;/m0./s1. The zero-order chi connectivity index (χ0) is 13.9. The molecule has 0 aromatic carbocycles. The first-order chi connectivity index (χ1) is 9.74. The molecular weight excluding hydrogens is 308 g/mol. The minimum atomic E-state index is 0. The number of ether oxygens (including phenoxy) is 1. The minimum Gasteiger partial charge on any atom is -0.370 e. The largest absolute Gasteiger partial charge is 0.370 e. The van der Waals surface area contributed by atoms with Gasteiger partial charge in [0, 0.05) is 19.0 Å². The van der Waals surface area contributed by atoms with Gasteiger partial charge in [-0.3, -0.25) is 4.79 Å². The van der Waals surface area contributed by atoms with Crippen molar-refractivity contribution in [3.05, 3.63) is 22.4 Å². The van der Waals surface area contributed by atoms with Crippen LogP contribution in [-0.2, 0) is 9.53 Å². The molecule has 2 aliphatic rings. The highest BCUT2D eigenvalue weighted by Crippen LogP contribution is 2.29. The quantitative estimate of drug-likeness (QED) is 0.926. The third kappa shape index (κ3) is 3.97. The molecule has 4 nitrogen and oxygen atoms in total. The van der Waals surface area contributed by atoms with E-state index >= 15 is 0 Å². The molecule has 1 amide bonds. The highest BCUT2D eigenvalue weighted by atomic mass is 35.5. The topological polar surface area (TPSA) is 55.6 Å². The zero-order valence-electron chi connectivity index (χ0n) is 12.1. The molecule has 1 aromatic rings. The molecule has 118 valence electrons. The summed E-state index contributed by atoms with van der Waals surface area (Å²) in [6.45, 7) is 2.02. The number of morpholine rings is 1. The van der Waals surface area contributed by atoms with E-state index in [0.29, 0.717) is 32.0 Å². The molecule has 1 aliphatic heterocycles. The fourth-order valence-corrected chi connectivity index (χ4v) is 3.91. The number of thiophene rings is 1. The summed E-state index contributed by atoms with van der Waals surface area (Å²) in [7, 11) is 0. The van der Waals surface area contributed by atoms with Crippen LogP contribution in [0.25, 0.3) is 0 Å². The van der Waals surface area contributed by atoms with Gasteiger partial charge in [0.05, 0.1) is 13.2 Å². The fraction of sp³-hybridized carbons (Fsp3) is 0.667. The summed E-state index contributed by atoms with van der Waals surface area (Å²) in [6, 6.07) is 2.29. The average Bonchev–Trinajstić information content (AvgIpc) is 3.12. The van der Waals surface area contributed by atoms with Crippen LogP contribution in [0.2, 0.25) is 0 Å². The van der Waals surface area contributed by atoms with Gasteiger partial charge in [0.15, 0.2) is 0 Å². The third-order valence-electron chi connectivity index (χ3n) is 4.49. The van der Waals surface area contributed by atoms with Gasteiger partial charge >= 0.3 is 0 Å². The number of rotatable bonds is 3. The van der Waals surface area contributed by atoms with Gasteiger partial charge in [-0.2, -0.15) is 11.3 Å². The van der Waals surface area contributed by atoms with Crippen LogP contribution in [0.1, 0.15) is 37.4 Å². The van der Waals surface area contributed by atoms with Crippen LogP contribution in [0, 0.1) is 5.92 Å². The monoisotopic (exact) mass is 330 g/mol. The van der Waals surface area contributed by atoms with Crippen molar-refractivity contribution in [2.75, 3.05) is 19.7 Å². The molecule has 1 unspecified atom stereocenters. The number of carbonyl (C=O) groups excluding carboxylic acids is 1. The van der Waals surface area contributed by atoms with Crippen LogP contribution in [-0.4, -0.2) is 36.5 Å². The van der Waals surface area contributed by atoms with Gasteiger partial charge in [0.2, 0.25) is 5.91 Å². The molecule has 3 rings (SSSR count). The average molecular weight is 331 g/mol. The smallest absolute Gasteiger partial charge is 0.223 e. The maximum absolute atomic E-state index is 12.4. The number of hydrogen-bond acceptors (Lipinski definition) is 4. The second-order valence-electron chi connectivity index (χ2n) is 5.81. The molecule has 2 heterocycles. The van der Waals surface area contributed by atoms with Crippen LogP contribution in [0.15, 0.2) is 16.8 Å². The summed E-state index contributed by atoms with van der Waals surface area (Å²) in [6.07, 6.45) is 3.98. The maximum atomic E-state index is 12.4. The van der Waals surface area contributed by atoms with E-state index < -0.39 is 0 Å². The molecule has 6 heteroatoms. The van der Waals surface area contributed by atoms with E-state index in [1.165, 1.54) is 12.0 Å². The van der Waals surface area contributed by atoms with E-state index in [0.717, 1.165) is 12.8 Å². The Morgan fingerprint density at radius 2 is 2.33 bits per heavy atom. The van der Waals surface area contributed by atoms with Crippen molar-refractivity contribution in [2.45, 2.75) is 37.8 Å². The first-order valence-corrected chi connectivity index (χ1v) is 8.35. The highest BCUT2D eigenvalue weighted by molar-refractivity contribution is 7.07. The predicted molar refractivity (Wildman–Crippen MR) is 86.8 cm³/mol. The summed E-state index contributed by atoms with van der Waals surface area (Å²) in [5.41, 5.74) is 7.25. The number of amides is 1. The summed E-state index contributed by atoms with van der Waals surface area (Å²) < 4.78 is 5.78. The molecule has 0 bridgehead atoms. The van der Waals surface area contributed by atoms with Crippen molar-refractivity contribution < 1.29 is 9.53 Å². The SMILES string of the molecule is Cl.N[C@@H]1CCC[C@H]1CC(=O)N1CCOC(c2ccsc2)C1. The lowest BCUT2D eigenvalue weighted by atomic mass is 9.99. The normalized spacial score (nSPS) is 29.2. The number of nitrogens with two attached hydrogens (primary N) is 1. The highest BCUT2D eigenvalue weighted by Gasteiger charge is 2.30. The molecule has 0 radical (unpaired) electrons. The third-order valence-corrected chi connectivity index (χ3v) is 5.19. The van der Waals surface area contributed by atoms with Crippen molar-refractivity contribution in [2.24, 2.45) is 11.7 Å². The molecule has 2 fully saturated rings. The van der Waals surface area contributed by atoms with Gasteiger partial charge in [-0.1, -0.05) is 6.42 Å². The number of hydrogen-bond donors (Lipinski definition) is 1. The molecular formula is C15H23ClN2O2S. The van der Waals surface area contributed by atoms with Crippen LogP contribution in [0.4, 0.5) is 0 Å². The molecule has 1 saturated carbocycles. The Morgan fingerprint density at radius 3 is 3.00 bits per heavy atom. The lowest BCUT2D eigenvalue weighted by Crippen LogP contribution is -2.43. The summed E-state index contributed by atoms with van der Waals surface area (Å²) in [4.78, 5) is 14.4. The van der Waals surface area contributed by atoms with Crippen LogP contribution < -0.4 is 5.73 Å². The van der Waals surface area contributed by atoms with E-state index in [2.05, 4.69) is 16.8 Å². The van der Waals surface area contributed by atoms with Gasteiger partial charge < -0.3 is 15.4 Å². The molecule has 1 aromatic heterocycles. The Labute approximate surface area is 136 Å².